The van der Waals surface area contributed by atoms with Crippen LogP contribution in [0.3, 0.4) is 0 Å². The highest BCUT2D eigenvalue weighted by Gasteiger charge is 2.09. The van der Waals surface area contributed by atoms with E-state index in [-0.39, 0.29) is 10.6 Å². The molecular formula is C24H18ClF3N2. The molecule has 30 heavy (non-hydrogen) atoms. The van der Waals surface area contributed by atoms with E-state index in [0.29, 0.717) is 28.9 Å². The number of benzene rings is 3. The smallest absolute Gasteiger partial charge is 0.142 e. The van der Waals surface area contributed by atoms with Crippen LogP contribution in [0.25, 0.3) is 0 Å². The lowest BCUT2D eigenvalue weighted by molar-refractivity contribution is 0.572. The molecular weight excluding hydrogens is 409 g/mol. The first-order valence-electron chi connectivity index (χ1n) is 9.43. The molecule has 0 aromatic heterocycles. The van der Waals surface area contributed by atoms with E-state index in [4.69, 9.17) is 11.6 Å². The standard InChI is InChI=1S/C24H18ClF3N2/c1-2-3-4-17-13-23(27)20(24(28)14-17)11-7-16-5-8-18(9-6-16)29-30-19-10-12-22(26)21(25)15-19/h5-6,8-10,12-15H,2-4H2,1H3. The van der Waals surface area contributed by atoms with Crippen molar-refractivity contribution in [3.05, 3.63) is 93.8 Å². The van der Waals surface area contributed by atoms with Gasteiger partial charge in [-0.1, -0.05) is 36.8 Å². The molecule has 0 spiro atoms. The van der Waals surface area contributed by atoms with E-state index in [1.165, 1.54) is 30.3 Å². The normalized spacial score (nSPS) is 10.8. The largest absolute Gasteiger partial charge is 0.206 e. The molecule has 0 aliphatic carbocycles. The molecule has 3 rings (SSSR count). The Morgan fingerprint density at radius 3 is 2.07 bits per heavy atom. The topological polar surface area (TPSA) is 24.7 Å². The van der Waals surface area contributed by atoms with E-state index in [2.05, 4.69) is 22.1 Å². The van der Waals surface area contributed by atoms with Gasteiger partial charge in [0, 0.05) is 5.56 Å². The minimum Gasteiger partial charge on any atom is -0.206 e. The molecule has 0 amide bonds. The van der Waals surface area contributed by atoms with Crippen LogP contribution in [0.4, 0.5) is 24.5 Å². The molecule has 0 aliphatic rings. The first-order valence-corrected chi connectivity index (χ1v) is 9.81. The van der Waals surface area contributed by atoms with Crippen LogP contribution in [0.5, 0.6) is 0 Å². The van der Waals surface area contributed by atoms with E-state index >= 15 is 0 Å². The predicted octanol–water partition coefficient (Wildman–Crippen LogP) is 7.92. The van der Waals surface area contributed by atoms with Crippen molar-refractivity contribution < 1.29 is 13.2 Å². The summed E-state index contributed by atoms with van der Waals surface area (Å²) in [6, 6.07) is 13.4. The van der Waals surface area contributed by atoms with E-state index in [1.54, 1.807) is 24.3 Å². The summed E-state index contributed by atoms with van der Waals surface area (Å²) in [5.41, 5.74) is 1.92. The molecule has 0 bridgehead atoms. The Bertz CT molecular complexity index is 1110. The Kier molecular flexibility index (Phi) is 7.26. The summed E-state index contributed by atoms with van der Waals surface area (Å²) in [5.74, 6) is 3.49. The summed E-state index contributed by atoms with van der Waals surface area (Å²) >= 11 is 5.71. The molecule has 0 saturated heterocycles. The lowest BCUT2D eigenvalue weighted by atomic mass is 10.0. The van der Waals surface area contributed by atoms with Crippen LogP contribution in [0, 0.1) is 29.3 Å². The zero-order chi connectivity index (χ0) is 21.5. The molecule has 3 aromatic carbocycles. The number of azo groups is 1. The monoisotopic (exact) mass is 426 g/mol. The Labute approximate surface area is 178 Å². The van der Waals surface area contributed by atoms with Gasteiger partial charge in [0.15, 0.2) is 0 Å². The predicted molar refractivity (Wildman–Crippen MR) is 113 cm³/mol. The van der Waals surface area contributed by atoms with Crippen molar-refractivity contribution in [2.24, 2.45) is 10.2 Å². The molecule has 152 valence electrons. The number of hydrogen-bond donors (Lipinski definition) is 0. The maximum Gasteiger partial charge on any atom is 0.142 e. The molecule has 0 heterocycles. The Morgan fingerprint density at radius 1 is 0.800 bits per heavy atom. The molecule has 0 saturated carbocycles. The second-order valence-electron chi connectivity index (χ2n) is 6.63. The van der Waals surface area contributed by atoms with Gasteiger partial charge in [0.2, 0.25) is 0 Å². The van der Waals surface area contributed by atoms with Crippen LogP contribution in [0.2, 0.25) is 5.02 Å². The molecule has 0 unspecified atom stereocenters. The number of unbranched alkanes of at least 4 members (excludes halogenated alkanes) is 1. The minimum atomic E-state index is -0.656. The number of hydrogen-bond acceptors (Lipinski definition) is 2. The van der Waals surface area contributed by atoms with E-state index in [1.807, 2.05) is 6.92 Å². The lowest BCUT2D eigenvalue weighted by Gasteiger charge is -2.03. The van der Waals surface area contributed by atoms with Gasteiger partial charge in [0.1, 0.15) is 17.5 Å². The van der Waals surface area contributed by atoms with Crippen molar-refractivity contribution in [1.82, 2.24) is 0 Å². The lowest BCUT2D eigenvalue weighted by Crippen LogP contribution is -1.95. The van der Waals surface area contributed by atoms with Crippen LogP contribution in [-0.2, 0) is 6.42 Å². The average molecular weight is 427 g/mol. The zero-order valence-corrected chi connectivity index (χ0v) is 17.0. The molecule has 6 heteroatoms. The highest BCUT2D eigenvalue weighted by Crippen LogP contribution is 2.24. The number of rotatable bonds is 5. The fourth-order valence-electron chi connectivity index (χ4n) is 2.68. The Morgan fingerprint density at radius 2 is 1.43 bits per heavy atom. The van der Waals surface area contributed by atoms with Gasteiger partial charge >= 0.3 is 0 Å². The third kappa shape index (κ3) is 5.71. The first-order chi connectivity index (χ1) is 14.5. The molecule has 2 nitrogen and oxygen atoms in total. The van der Waals surface area contributed by atoms with E-state index in [0.717, 1.165) is 12.8 Å². The van der Waals surface area contributed by atoms with Crippen molar-refractivity contribution in [3.8, 4) is 11.8 Å². The molecule has 0 fully saturated rings. The van der Waals surface area contributed by atoms with Gasteiger partial charge < -0.3 is 0 Å². The van der Waals surface area contributed by atoms with Gasteiger partial charge in [0.25, 0.3) is 0 Å². The molecule has 0 N–H and O–H groups in total. The van der Waals surface area contributed by atoms with Crippen molar-refractivity contribution >= 4 is 23.0 Å². The van der Waals surface area contributed by atoms with Gasteiger partial charge in [0.05, 0.1) is 22.0 Å². The molecule has 3 aromatic rings. The SMILES string of the molecule is CCCCc1cc(F)c(C#Cc2ccc(N=Nc3ccc(F)c(Cl)c3)cc2)c(F)c1. The van der Waals surface area contributed by atoms with Gasteiger partial charge in [-0.15, -0.1) is 0 Å². The Balaban J connectivity index is 1.73. The average Bonchev–Trinajstić information content (AvgIpc) is 2.73. The fourth-order valence-corrected chi connectivity index (χ4v) is 2.85. The highest BCUT2D eigenvalue weighted by atomic mass is 35.5. The zero-order valence-electron chi connectivity index (χ0n) is 16.2. The minimum absolute atomic E-state index is 0.0325. The Hall–Kier alpha value is -3.10. The quantitative estimate of drug-likeness (QED) is 0.292. The summed E-state index contributed by atoms with van der Waals surface area (Å²) < 4.78 is 41.6. The van der Waals surface area contributed by atoms with Crippen molar-refractivity contribution in [3.63, 3.8) is 0 Å². The molecule has 0 aliphatic heterocycles. The van der Waals surface area contributed by atoms with Gasteiger partial charge in [-0.05, 0) is 73.0 Å². The second kappa shape index (κ2) is 10.1. The number of nitrogens with zero attached hydrogens (tertiary/aromatic N) is 2. The van der Waals surface area contributed by atoms with Gasteiger partial charge in [-0.3, -0.25) is 0 Å². The third-order valence-electron chi connectivity index (χ3n) is 4.30. The van der Waals surface area contributed by atoms with Crippen molar-refractivity contribution in [2.45, 2.75) is 26.2 Å². The number of aryl methyl sites for hydroxylation is 1. The van der Waals surface area contributed by atoms with Crippen LogP contribution < -0.4 is 0 Å². The summed E-state index contributed by atoms with van der Waals surface area (Å²) in [5, 5.41) is 8.01. The fraction of sp³-hybridized carbons (Fsp3) is 0.167. The highest BCUT2D eigenvalue weighted by molar-refractivity contribution is 6.30. The maximum atomic E-state index is 14.2. The van der Waals surface area contributed by atoms with Crippen LogP contribution in [0.15, 0.2) is 64.8 Å². The first kappa shape index (κ1) is 21.6. The summed E-state index contributed by atoms with van der Waals surface area (Å²) in [6.07, 6.45) is 2.47. The van der Waals surface area contributed by atoms with Crippen LogP contribution >= 0.6 is 11.6 Å². The molecule has 0 atom stereocenters. The molecule has 0 radical (unpaired) electrons. The van der Waals surface area contributed by atoms with Crippen molar-refractivity contribution in [1.29, 1.82) is 0 Å². The van der Waals surface area contributed by atoms with Crippen LogP contribution in [0.1, 0.15) is 36.5 Å². The summed E-state index contributed by atoms with van der Waals surface area (Å²) in [6.45, 7) is 2.03. The summed E-state index contributed by atoms with van der Waals surface area (Å²) in [7, 11) is 0. The van der Waals surface area contributed by atoms with E-state index < -0.39 is 17.5 Å². The summed E-state index contributed by atoms with van der Waals surface area (Å²) in [4.78, 5) is 0. The second-order valence-corrected chi connectivity index (χ2v) is 7.04. The van der Waals surface area contributed by atoms with Gasteiger partial charge in [-0.25, -0.2) is 13.2 Å². The van der Waals surface area contributed by atoms with Gasteiger partial charge in [-0.2, -0.15) is 10.2 Å². The number of halogens is 4. The van der Waals surface area contributed by atoms with Crippen molar-refractivity contribution in [2.75, 3.05) is 0 Å². The maximum absolute atomic E-state index is 14.2. The van der Waals surface area contributed by atoms with Crippen LogP contribution in [-0.4, -0.2) is 0 Å². The van der Waals surface area contributed by atoms with E-state index in [9.17, 15) is 13.2 Å². The third-order valence-corrected chi connectivity index (χ3v) is 4.59.